The van der Waals surface area contributed by atoms with E-state index in [2.05, 4.69) is 5.32 Å². The summed E-state index contributed by atoms with van der Waals surface area (Å²) in [5.41, 5.74) is 1.16. The van der Waals surface area contributed by atoms with Crippen LogP contribution >= 0.6 is 0 Å². The van der Waals surface area contributed by atoms with Crippen molar-refractivity contribution in [3.05, 3.63) is 29.8 Å². The van der Waals surface area contributed by atoms with Crippen LogP contribution in [0.4, 0.5) is 0 Å². The highest BCUT2D eigenvalue weighted by atomic mass is 16.5. The smallest absolute Gasteiger partial charge is 0.122 e. The van der Waals surface area contributed by atoms with Crippen LogP contribution in [0.25, 0.3) is 0 Å². The highest BCUT2D eigenvalue weighted by Crippen LogP contribution is 2.16. The van der Waals surface area contributed by atoms with Crippen molar-refractivity contribution >= 4 is 0 Å². The number of methoxy groups -OCH3 is 1. The fourth-order valence-corrected chi connectivity index (χ4v) is 1.21. The fraction of sp³-hybridized carbons (Fsp3) is 0.400. The van der Waals surface area contributed by atoms with Crippen molar-refractivity contribution in [3.8, 4) is 5.75 Å². The van der Waals surface area contributed by atoms with Crippen LogP contribution in [-0.4, -0.2) is 25.5 Å². The first-order valence-corrected chi connectivity index (χ1v) is 4.32. The summed E-state index contributed by atoms with van der Waals surface area (Å²) in [7, 11) is 1.66. The number of ether oxygens (including phenoxy) is 1. The highest BCUT2D eigenvalue weighted by molar-refractivity contribution is 5.33. The molecule has 0 atom stereocenters. The number of aliphatic hydroxyl groups excluding tert-OH is 1. The fourth-order valence-electron chi connectivity index (χ4n) is 1.21. The quantitative estimate of drug-likeness (QED) is 0.521. The molecule has 0 bridgehead atoms. The minimum absolute atomic E-state index is 0.0230. The Morgan fingerprint density at radius 3 is 2.85 bits per heavy atom. The van der Waals surface area contributed by atoms with E-state index in [4.69, 9.17) is 9.84 Å². The number of benzene rings is 1. The SMILES string of the molecule is COc1ccccc1CCNCO. The molecule has 0 saturated carbocycles. The normalized spacial score (nSPS) is 10.0. The van der Waals surface area contributed by atoms with Crippen molar-refractivity contribution in [2.45, 2.75) is 6.42 Å². The molecule has 0 aliphatic heterocycles. The summed E-state index contributed by atoms with van der Waals surface area (Å²) in [6, 6.07) is 7.89. The third kappa shape index (κ3) is 3.05. The van der Waals surface area contributed by atoms with E-state index >= 15 is 0 Å². The molecule has 0 amide bonds. The van der Waals surface area contributed by atoms with Gasteiger partial charge < -0.3 is 9.84 Å². The number of aliphatic hydroxyl groups is 1. The molecule has 0 aliphatic rings. The molecule has 1 rings (SSSR count). The summed E-state index contributed by atoms with van der Waals surface area (Å²) in [6.45, 7) is 0.784. The Labute approximate surface area is 78.3 Å². The molecule has 72 valence electrons. The van der Waals surface area contributed by atoms with Gasteiger partial charge in [0.25, 0.3) is 0 Å². The minimum Gasteiger partial charge on any atom is -0.496 e. The molecule has 0 spiro atoms. The zero-order valence-electron chi connectivity index (χ0n) is 7.79. The molecule has 0 unspecified atom stereocenters. The second kappa shape index (κ2) is 5.56. The second-order valence-electron chi connectivity index (χ2n) is 2.72. The minimum atomic E-state index is 0.0230. The Balaban J connectivity index is 2.54. The zero-order chi connectivity index (χ0) is 9.52. The van der Waals surface area contributed by atoms with Gasteiger partial charge in [0.2, 0.25) is 0 Å². The Bertz CT molecular complexity index is 250. The molecule has 0 aromatic heterocycles. The van der Waals surface area contributed by atoms with Gasteiger partial charge in [-0.1, -0.05) is 18.2 Å². The van der Waals surface area contributed by atoms with Crippen LogP contribution in [-0.2, 0) is 6.42 Å². The van der Waals surface area contributed by atoms with E-state index in [1.807, 2.05) is 24.3 Å². The molecular weight excluding hydrogens is 166 g/mol. The van der Waals surface area contributed by atoms with Gasteiger partial charge in [0.05, 0.1) is 13.8 Å². The van der Waals surface area contributed by atoms with Gasteiger partial charge in [0.1, 0.15) is 5.75 Å². The average Bonchev–Trinajstić information content (AvgIpc) is 2.19. The Hall–Kier alpha value is -1.06. The Morgan fingerprint density at radius 2 is 2.15 bits per heavy atom. The monoisotopic (exact) mass is 181 g/mol. The topological polar surface area (TPSA) is 41.5 Å². The first-order chi connectivity index (χ1) is 6.38. The summed E-state index contributed by atoms with van der Waals surface area (Å²) in [5.74, 6) is 0.905. The molecule has 3 heteroatoms. The molecule has 0 radical (unpaired) electrons. The molecule has 0 aliphatic carbocycles. The predicted molar refractivity (Wildman–Crippen MR) is 51.8 cm³/mol. The third-order valence-electron chi connectivity index (χ3n) is 1.88. The maximum atomic E-state index is 8.53. The molecule has 1 aromatic rings. The van der Waals surface area contributed by atoms with E-state index in [1.54, 1.807) is 7.11 Å². The van der Waals surface area contributed by atoms with E-state index in [9.17, 15) is 0 Å². The lowest BCUT2D eigenvalue weighted by atomic mass is 10.1. The summed E-state index contributed by atoms with van der Waals surface area (Å²) in [6.07, 6.45) is 0.866. The van der Waals surface area contributed by atoms with Gasteiger partial charge >= 0.3 is 0 Å². The van der Waals surface area contributed by atoms with Crippen molar-refractivity contribution in [2.24, 2.45) is 0 Å². The van der Waals surface area contributed by atoms with Gasteiger partial charge in [-0.2, -0.15) is 0 Å². The molecule has 1 aromatic carbocycles. The average molecular weight is 181 g/mol. The molecule has 2 N–H and O–H groups in total. The molecule has 0 fully saturated rings. The second-order valence-corrected chi connectivity index (χ2v) is 2.72. The molecular formula is C10H15NO2. The predicted octanol–water partition coefficient (Wildman–Crippen LogP) is 0.777. The van der Waals surface area contributed by atoms with Gasteiger partial charge in [-0.3, -0.25) is 5.32 Å². The standard InChI is InChI=1S/C10H15NO2/c1-13-10-5-3-2-4-9(10)6-7-11-8-12/h2-5,11-12H,6-8H2,1H3. The molecule has 3 nitrogen and oxygen atoms in total. The summed E-state index contributed by atoms with van der Waals surface area (Å²) >= 11 is 0. The van der Waals surface area contributed by atoms with Crippen LogP contribution in [0.3, 0.4) is 0 Å². The number of para-hydroxylation sites is 1. The summed E-state index contributed by atoms with van der Waals surface area (Å²) < 4.78 is 5.19. The summed E-state index contributed by atoms with van der Waals surface area (Å²) in [5, 5.41) is 11.4. The lowest BCUT2D eigenvalue weighted by Crippen LogP contribution is -2.17. The summed E-state index contributed by atoms with van der Waals surface area (Å²) in [4.78, 5) is 0. The highest BCUT2D eigenvalue weighted by Gasteiger charge is 1.99. The number of rotatable bonds is 5. The maximum absolute atomic E-state index is 8.53. The van der Waals surface area contributed by atoms with Crippen molar-refractivity contribution in [1.82, 2.24) is 5.32 Å². The van der Waals surface area contributed by atoms with Crippen LogP contribution in [0, 0.1) is 0 Å². The van der Waals surface area contributed by atoms with Crippen LogP contribution < -0.4 is 10.1 Å². The van der Waals surface area contributed by atoms with Crippen LogP contribution in [0.2, 0.25) is 0 Å². The van der Waals surface area contributed by atoms with Gasteiger partial charge in [-0.15, -0.1) is 0 Å². The lowest BCUT2D eigenvalue weighted by molar-refractivity contribution is 0.261. The van der Waals surface area contributed by atoms with Gasteiger partial charge in [0, 0.05) is 6.54 Å². The van der Waals surface area contributed by atoms with Crippen LogP contribution in [0.15, 0.2) is 24.3 Å². The first-order valence-electron chi connectivity index (χ1n) is 4.32. The van der Waals surface area contributed by atoms with Crippen molar-refractivity contribution in [1.29, 1.82) is 0 Å². The van der Waals surface area contributed by atoms with Crippen molar-refractivity contribution < 1.29 is 9.84 Å². The van der Waals surface area contributed by atoms with Crippen molar-refractivity contribution in [3.63, 3.8) is 0 Å². The van der Waals surface area contributed by atoms with Gasteiger partial charge in [0.15, 0.2) is 0 Å². The van der Waals surface area contributed by atoms with Crippen LogP contribution in [0.5, 0.6) is 5.75 Å². The third-order valence-corrected chi connectivity index (χ3v) is 1.88. The molecule has 0 saturated heterocycles. The van der Waals surface area contributed by atoms with Crippen molar-refractivity contribution in [2.75, 3.05) is 20.4 Å². The van der Waals surface area contributed by atoms with Gasteiger partial charge in [-0.25, -0.2) is 0 Å². The first kappa shape index (κ1) is 10.0. The molecule has 13 heavy (non-hydrogen) atoms. The number of nitrogens with one attached hydrogen (secondary N) is 1. The largest absolute Gasteiger partial charge is 0.496 e. The van der Waals surface area contributed by atoms with E-state index in [-0.39, 0.29) is 6.73 Å². The Morgan fingerprint density at radius 1 is 1.38 bits per heavy atom. The van der Waals surface area contributed by atoms with Gasteiger partial charge in [-0.05, 0) is 18.1 Å². The lowest BCUT2D eigenvalue weighted by Gasteiger charge is -2.07. The number of hydrogen-bond acceptors (Lipinski definition) is 3. The maximum Gasteiger partial charge on any atom is 0.122 e. The van der Waals surface area contributed by atoms with E-state index in [1.165, 1.54) is 0 Å². The van der Waals surface area contributed by atoms with E-state index in [0.717, 1.165) is 24.3 Å². The molecule has 0 heterocycles. The van der Waals surface area contributed by atoms with E-state index < -0.39 is 0 Å². The van der Waals surface area contributed by atoms with E-state index in [0.29, 0.717) is 0 Å². The zero-order valence-corrected chi connectivity index (χ0v) is 7.79. The Kier molecular flexibility index (Phi) is 4.29. The number of hydrogen-bond donors (Lipinski definition) is 2. The van der Waals surface area contributed by atoms with Crippen LogP contribution in [0.1, 0.15) is 5.56 Å².